The van der Waals surface area contributed by atoms with Gasteiger partial charge in [-0.25, -0.2) is 4.68 Å². The molecule has 0 radical (unpaired) electrons. The summed E-state index contributed by atoms with van der Waals surface area (Å²) in [4.78, 5) is 12.1. The molecule has 0 aliphatic heterocycles. The van der Waals surface area contributed by atoms with Gasteiger partial charge in [0.25, 0.3) is 0 Å². The molecule has 0 spiro atoms. The van der Waals surface area contributed by atoms with Gasteiger partial charge < -0.3 is 20.6 Å². The minimum Gasteiger partial charge on any atom is -0.497 e. The average molecular weight is 337 g/mol. The van der Waals surface area contributed by atoms with E-state index < -0.39 is 0 Å². The number of carbonyl (C=O) groups excluding carboxylic acids is 1. The molecule has 2 rings (SSSR count). The molecule has 0 saturated carbocycles. The summed E-state index contributed by atoms with van der Waals surface area (Å²) in [7, 11) is 3.18. The summed E-state index contributed by atoms with van der Waals surface area (Å²) in [6.07, 6.45) is 1.38. The van der Waals surface area contributed by atoms with Gasteiger partial charge in [0.15, 0.2) is 0 Å². The number of nitrogens with one attached hydrogen (secondary N) is 1. The van der Waals surface area contributed by atoms with E-state index in [-0.39, 0.29) is 17.7 Å². The molecule has 0 fully saturated rings. The smallest absolute Gasteiger partial charge is 0.230 e. The Hall–Kier alpha value is -2.42. The van der Waals surface area contributed by atoms with Crippen molar-refractivity contribution in [3.05, 3.63) is 30.1 Å². The third-order valence-corrected chi connectivity index (χ3v) is 4.11. The Balaban J connectivity index is 1.99. The van der Waals surface area contributed by atoms with Crippen LogP contribution in [0.2, 0.25) is 0 Å². The van der Waals surface area contributed by atoms with Crippen LogP contribution >= 0.6 is 11.8 Å². The van der Waals surface area contributed by atoms with Crippen LogP contribution in [0.3, 0.4) is 0 Å². The second-order valence-corrected chi connectivity index (χ2v) is 5.65. The first-order valence-corrected chi connectivity index (χ1v) is 7.83. The van der Waals surface area contributed by atoms with Crippen LogP contribution in [0.1, 0.15) is 18.5 Å². The summed E-state index contributed by atoms with van der Waals surface area (Å²) in [5, 5.41) is 10.9. The summed E-state index contributed by atoms with van der Waals surface area (Å²) < 4.78 is 11.8. The van der Waals surface area contributed by atoms with Crippen LogP contribution in [-0.2, 0) is 4.79 Å². The normalized spacial score (nSPS) is 11.8. The lowest BCUT2D eigenvalue weighted by Gasteiger charge is -2.18. The number of methoxy groups -OCH3 is 2. The number of ether oxygens (including phenoxy) is 2. The zero-order valence-corrected chi connectivity index (χ0v) is 14.0. The summed E-state index contributed by atoms with van der Waals surface area (Å²) in [5.41, 5.74) is 0.840. The predicted molar refractivity (Wildman–Crippen MR) is 87.0 cm³/mol. The summed E-state index contributed by atoms with van der Waals surface area (Å²) >= 11 is 1.21. The first-order chi connectivity index (χ1) is 11.0. The highest BCUT2D eigenvalue weighted by Gasteiger charge is 2.16. The number of carbonyl (C=O) groups is 1. The molecule has 0 saturated heterocycles. The highest BCUT2D eigenvalue weighted by molar-refractivity contribution is 7.99. The highest BCUT2D eigenvalue weighted by Crippen LogP contribution is 2.29. The zero-order valence-electron chi connectivity index (χ0n) is 13.1. The van der Waals surface area contributed by atoms with Gasteiger partial charge in [-0.3, -0.25) is 4.79 Å². The van der Waals surface area contributed by atoms with Gasteiger partial charge in [-0.05, 0) is 25.1 Å². The number of nitrogen functional groups attached to an aromatic ring is 1. The van der Waals surface area contributed by atoms with E-state index in [9.17, 15) is 4.79 Å². The molecule has 0 bridgehead atoms. The van der Waals surface area contributed by atoms with Gasteiger partial charge in [0.05, 0.1) is 26.0 Å². The Morgan fingerprint density at radius 2 is 2.22 bits per heavy atom. The van der Waals surface area contributed by atoms with E-state index in [4.69, 9.17) is 15.3 Å². The van der Waals surface area contributed by atoms with Crippen LogP contribution in [0, 0.1) is 0 Å². The third-order valence-electron chi connectivity index (χ3n) is 3.15. The number of thioether (sulfide) groups is 1. The number of nitrogens with two attached hydrogens (primary N) is 1. The topological polar surface area (TPSA) is 104 Å². The Morgan fingerprint density at radius 3 is 2.83 bits per heavy atom. The van der Waals surface area contributed by atoms with Crippen molar-refractivity contribution in [3.8, 4) is 11.5 Å². The van der Waals surface area contributed by atoms with Crippen molar-refractivity contribution in [2.45, 2.75) is 18.1 Å². The van der Waals surface area contributed by atoms with Gasteiger partial charge in [-0.15, -0.1) is 10.2 Å². The number of hydrogen-bond acceptors (Lipinski definition) is 7. The third kappa shape index (κ3) is 4.28. The fourth-order valence-electron chi connectivity index (χ4n) is 2.00. The van der Waals surface area contributed by atoms with Crippen molar-refractivity contribution in [2.75, 3.05) is 25.8 Å². The van der Waals surface area contributed by atoms with E-state index in [1.165, 1.54) is 22.8 Å². The van der Waals surface area contributed by atoms with Crippen molar-refractivity contribution in [2.24, 2.45) is 0 Å². The van der Waals surface area contributed by atoms with Gasteiger partial charge in [-0.1, -0.05) is 11.8 Å². The second kappa shape index (κ2) is 7.73. The SMILES string of the molecule is COc1ccc(OC)c([C@H](C)NC(=O)CSc2nncn2N)c1. The summed E-state index contributed by atoms with van der Waals surface area (Å²) in [6, 6.07) is 5.22. The van der Waals surface area contributed by atoms with Crippen LogP contribution in [0.4, 0.5) is 0 Å². The van der Waals surface area contributed by atoms with Crippen molar-refractivity contribution >= 4 is 17.7 Å². The van der Waals surface area contributed by atoms with E-state index in [0.29, 0.717) is 16.7 Å². The van der Waals surface area contributed by atoms with E-state index in [1.54, 1.807) is 20.3 Å². The molecule has 1 amide bonds. The fraction of sp³-hybridized carbons (Fsp3) is 0.357. The van der Waals surface area contributed by atoms with E-state index >= 15 is 0 Å². The molecular formula is C14H19N5O3S. The summed E-state index contributed by atoms with van der Waals surface area (Å²) in [6.45, 7) is 1.88. The van der Waals surface area contributed by atoms with Crippen LogP contribution in [0.25, 0.3) is 0 Å². The Labute approximate surface area is 138 Å². The maximum absolute atomic E-state index is 12.1. The van der Waals surface area contributed by atoms with Crippen LogP contribution < -0.4 is 20.6 Å². The molecule has 8 nitrogen and oxygen atoms in total. The number of aromatic nitrogens is 3. The van der Waals surface area contributed by atoms with Crippen LogP contribution in [0.5, 0.6) is 11.5 Å². The number of benzene rings is 1. The number of hydrogen-bond donors (Lipinski definition) is 2. The first kappa shape index (κ1) is 16.9. The number of nitrogens with zero attached hydrogens (tertiary/aromatic N) is 3. The molecule has 0 aliphatic rings. The predicted octanol–water partition coefficient (Wildman–Crippen LogP) is 0.979. The average Bonchev–Trinajstić information content (AvgIpc) is 2.97. The molecule has 1 heterocycles. The van der Waals surface area contributed by atoms with Gasteiger partial charge >= 0.3 is 0 Å². The van der Waals surface area contributed by atoms with E-state index in [2.05, 4.69) is 15.5 Å². The lowest BCUT2D eigenvalue weighted by atomic mass is 10.1. The molecule has 9 heteroatoms. The van der Waals surface area contributed by atoms with Gasteiger partial charge in [0.1, 0.15) is 17.8 Å². The van der Waals surface area contributed by atoms with Crippen molar-refractivity contribution < 1.29 is 14.3 Å². The van der Waals surface area contributed by atoms with Gasteiger partial charge in [0, 0.05) is 5.56 Å². The number of amides is 1. The zero-order chi connectivity index (χ0) is 16.8. The van der Waals surface area contributed by atoms with E-state index in [0.717, 1.165) is 5.56 Å². The molecule has 0 aliphatic carbocycles. The highest BCUT2D eigenvalue weighted by atomic mass is 32.2. The Morgan fingerprint density at radius 1 is 1.43 bits per heavy atom. The molecule has 0 unspecified atom stereocenters. The van der Waals surface area contributed by atoms with Gasteiger partial charge in [0.2, 0.25) is 11.1 Å². The largest absolute Gasteiger partial charge is 0.497 e. The molecule has 2 aromatic rings. The standard InChI is InChI=1S/C14H19N5O3S/c1-9(11-6-10(21-2)4-5-12(11)22-3)17-13(20)7-23-14-18-16-8-19(14)15/h4-6,8-9H,7,15H2,1-3H3,(H,17,20)/t9-/m0/s1. The lowest BCUT2D eigenvalue weighted by molar-refractivity contribution is -0.119. The molecule has 124 valence electrons. The van der Waals surface area contributed by atoms with E-state index in [1.807, 2.05) is 19.1 Å². The fourth-order valence-corrected chi connectivity index (χ4v) is 2.65. The van der Waals surface area contributed by atoms with Gasteiger partial charge in [-0.2, -0.15) is 0 Å². The van der Waals surface area contributed by atoms with Crippen molar-refractivity contribution in [1.82, 2.24) is 20.2 Å². The second-order valence-electron chi connectivity index (χ2n) is 4.71. The molecule has 1 atom stereocenters. The van der Waals surface area contributed by atoms with Crippen molar-refractivity contribution in [1.29, 1.82) is 0 Å². The van der Waals surface area contributed by atoms with Crippen LogP contribution in [-0.4, -0.2) is 40.8 Å². The summed E-state index contributed by atoms with van der Waals surface area (Å²) in [5.74, 6) is 7.03. The Kier molecular flexibility index (Phi) is 5.69. The molecule has 1 aromatic heterocycles. The molecule has 23 heavy (non-hydrogen) atoms. The maximum Gasteiger partial charge on any atom is 0.230 e. The Bertz CT molecular complexity index is 676. The minimum absolute atomic E-state index is 0.143. The molecule has 1 aromatic carbocycles. The number of rotatable bonds is 7. The quantitative estimate of drug-likeness (QED) is 0.573. The van der Waals surface area contributed by atoms with Crippen molar-refractivity contribution in [3.63, 3.8) is 0 Å². The monoisotopic (exact) mass is 337 g/mol. The van der Waals surface area contributed by atoms with Crippen LogP contribution in [0.15, 0.2) is 29.7 Å². The lowest BCUT2D eigenvalue weighted by Crippen LogP contribution is -2.28. The molecule has 3 N–H and O–H groups in total. The minimum atomic E-state index is -0.233. The molecular weight excluding hydrogens is 318 g/mol. The maximum atomic E-state index is 12.1. The first-order valence-electron chi connectivity index (χ1n) is 6.84.